The Balaban J connectivity index is 1.53. The van der Waals surface area contributed by atoms with E-state index in [4.69, 9.17) is 9.72 Å². The number of carbonyl (C=O) groups excluding carboxylic acids is 1. The summed E-state index contributed by atoms with van der Waals surface area (Å²) < 4.78 is 8.33. The molecule has 1 aliphatic rings. The molecule has 2 aromatic carbocycles. The first-order valence-electron chi connectivity index (χ1n) is 10.9. The number of carbonyl (C=O) groups is 1. The van der Waals surface area contributed by atoms with Crippen LogP contribution in [0.1, 0.15) is 6.92 Å². The second kappa shape index (κ2) is 9.14. The molecule has 0 saturated carbocycles. The number of para-hydroxylation sites is 4. The number of aromatic nitrogens is 4. The van der Waals surface area contributed by atoms with Crippen molar-refractivity contribution in [2.24, 2.45) is 0 Å². The number of ether oxygens (including phenoxy) is 1. The van der Waals surface area contributed by atoms with Crippen molar-refractivity contribution >= 4 is 45.9 Å². The Morgan fingerprint density at radius 2 is 1.88 bits per heavy atom. The molecule has 2 aromatic heterocycles. The smallest absolute Gasteiger partial charge is 0.351 e. The van der Waals surface area contributed by atoms with E-state index in [1.807, 2.05) is 55.1 Å². The fourth-order valence-electron chi connectivity index (χ4n) is 3.95. The number of thioether (sulfide) groups is 1. The van der Waals surface area contributed by atoms with Crippen LogP contribution in [0.3, 0.4) is 0 Å². The van der Waals surface area contributed by atoms with E-state index in [2.05, 4.69) is 15.3 Å². The highest BCUT2D eigenvalue weighted by Gasteiger charge is 2.22. The van der Waals surface area contributed by atoms with Crippen molar-refractivity contribution in [2.75, 3.05) is 41.4 Å². The molecule has 1 aliphatic heterocycles. The number of fused-ring (bicyclic) bond motifs is 3. The van der Waals surface area contributed by atoms with Crippen molar-refractivity contribution in [1.82, 2.24) is 19.2 Å². The maximum absolute atomic E-state index is 13.3. The molecule has 0 radical (unpaired) electrons. The fraction of sp³-hybridized carbons (Fsp3) is 0.304. The van der Waals surface area contributed by atoms with Gasteiger partial charge in [0.2, 0.25) is 11.6 Å². The van der Waals surface area contributed by atoms with Crippen LogP contribution in [0, 0.1) is 0 Å². The fourth-order valence-corrected chi connectivity index (χ4v) is 4.85. The van der Waals surface area contributed by atoms with Crippen molar-refractivity contribution in [2.45, 2.75) is 13.5 Å². The average molecular weight is 465 g/mol. The minimum absolute atomic E-state index is 0.218. The molecule has 0 atom stereocenters. The molecule has 1 amide bonds. The summed E-state index contributed by atoms with van der Waals surface area (Å²) in [5, 5.41) is 7.37. The maximum atomic E-state index is 13.3. The van der Waals surface area contributed by atoms with Gasteiger partial charge in [-0.1, -0.05) is 24.3 Å². The summed E-state index contributed by atoms with van der Waals surface area (Å²) in [4.78, 5) is 33.1. The van der Waals surface area contributed by atoms with Crippen molar-refractivity contribution in [3.05, 3.63) is 59.0 Å². The average Bonchev–Trinajstić information content (AvgIpc) is 3.16. The van der Waals surface area contributed by atoms with Crippen LogP contribution < -0.4 is 20.6 Å². The van der Waals surface area contributed by atoms with E-state index in [1.165, 1.54) is 4.68 Å². The van der Waals surface area contributed by atoms with Gasteiger partial charge in [-0.05, 0) is 31.2 Å². The molecule has 10 heteroatoms. The van der Waals surface area contributed by atoms with Crippen LogP contribution in [0.2, 0.25) is 0 Å². The number of hydrogen-bond donors (Lipinski definition) is 1. The van der Waals surface area contributed by atoms with Crippen LogP contribution >= 0.6 is 11.8 Å². The number of hydrogen-bond acceptors (Lipinski definition) is 7. The third kappa shape index (κ3) is 4.13. The van der Waals surface area contributed by atoms with Gasteiger partial charge in [-0.2, -0.15) is 11.8 Å². The minimum Gasteiger partial charge on any atom is -0.492 e. The van der Waals surface area contributed by atoms with E-state index in [-0.39, 0.29) is 18.1 Å². The van der Waals surface area contributed by atoms with E-state index >= 15 is 0 Å². The summed E-state index contributed by atoms with van der Waals surface area (Å²) in [7, 11) is 0. The number of nitrogens with one attached hydrogen (secondary N) is 1. The van der Waals surface area contributed by atoms with Crippen LogP contribution in [0.25, 0.3) is 16.7 Å². The van der Waals surface area contributed by atoms with Gasteiger partial charge in [0.25, 0.3) is 0 Å². The van der Waals surface area contributed by atoms with E-state index in [9.17, 15) is 9.59 Å². The first-order valence-corrected chi connectivity index (χ1v) is 12.0. The molecular formula is C23H24N6O3S. The van der Waals surface area contributed by atoms with Crippen LogP contribution in [0.4, 0.5) is 11.5 Å². The SMILES string of the molecule is CCOc1ccccc1NC(=O)Cn1nc2c(N3CCSCC3)nc3ccccc3n2c1=O. The summed E-state index contributed by atoms with van der Waals surface area (Å²) in [6, 6.07) is 14.7. The van der Waals surface area contributed by atoms with E-state index in [0.29, 0.717) is 35.0 Å². The Kier molecular flexibility index (Phi) is 5.91. The monoisotopic (exact) mass is 464 g/mol. The zero-order valence-electron chi connectivity index (χ0n) is 18.2. The van der Waals surface area contributed by atoms with E-state index in [0.717, 1.165) is 30.1 Å². The van der Waals surface area contributed by atoms with Crippen molar-refractivity contribution in [1.29, 1.82) is 0 Å². The van der Waals surface area contributed by atoms with Crippen LogP contribution in [0.15, 0.2) is 53.3 Å². The minimum atomic E-state index is -0.371. The Morgan fingerprint density at radius 1 is 1.12 bits per heavy atom. The highest BCUT2D eigenvalue weighted by molar-refractivity contribution is 7.99. The summed E-state index contributed by atoms with van der Waals surface area (Å²) in [6.45, 7) is 3.82. The lowest BCUT2D eigenvalue weighted by Gasteiger charge is -2.27. The molecule has 1 fully saturated rings. The Bertz CT molecular complexity index is 1380. The molecule has 0 unspecified atom stereocenters. The standard InChI is InChI=1S/C23H24N6O3S/c1-2-32-19-10-6-4-8-17(19)24-20(30)15-28-23(31)29-18-9-5-3-7-16(18)25-21(22(29)26-28)27-11-13-33-14-12-27/h3-10H,2,11-15H2,1H3,(H,24,30). The third-order valence-electron chi connectivity index (χ3n) is 5.45. The Hall–Kier alpha value is -3.53. The molecule has 0 bridgehead atoms. The zero-order chi connectivity index (χ0) is 22.8. The van der Waals surface area contributed by atoms with Crippen LogP contribution in [-0.2, 0) is 11.3 Å². The first-order chi connectivity index (χ1) is 16.2. The van der Waals surface area contributed by atoms with Crippen molar-refractivity contribution < 1.29 is 9.53 Å². The summed E-state index contributed by atoms with van der Waals surface area (Å²) >= 11 is 1.90. The van der Waals surface area contributed by atoms with Gasteiger partial charge in [0, 0.05) is 24.6 Å². The van der Waals surface area contributed by atoms with Gasteiger partial charge in [0.15, 0.2) is 5.82 Å². The topological polar surface area (TPSA) is 93.8 Å². The quantitative estimate of drug-likeness (QED) is 0.469. The van der Waals surface area contributed by atoms with Crippen LogP contribution in [-0.4, -0.2) is 56.3 Å². The normalized spacial score (nSPS) is 14.0. The second-order valence-electron chi connectivity index (χ2n) is 7.60. The van der Waals surface area contributed by atoms with E-state index in [1.54, 1.807) is 16.5 Å². The summed E-state index contributed by atoms with van der Waals surface area (Å²) in [5.74, 6) is 2.88. The molecular weight excluding hydrogens is 440 g/mol. The lowest BCUT2D eigenvalue weighted by molar-refractivity contribution is -0.117. The largest absolute Gasteiger partial charge is 0.492 e. The van der Waals surface area contributed by atoms with Gasteiger partial charge in [-0.3, -0.25) is 4.79 Å². The highest BCUT2D eigenvalue weighted by atomic mass is 32.2. The first kappa shape index (κ1) is 21.3. The van der Waals surface area contributed by atoms with Gasteiger partial charge < -0.3 is 15.0 Å². The van der Waals surface area contributed by atoms with Crippen molar-refractivity contribution in [3.8, 4) is 5.75 Å². The predicted molar refractivity (Wildman–Crippen MR) is 131 cm³/mol. The van der Waals surface area contributed by atoms with Gasteiger partial charge in [-0.25, -0.2) is 18.9 Å². The third-order valence-corrected chi connectivity index (χ3v) is 6.40. The van der Waals surface area contributed by atoms with Gasteiger partial charge in [-0.15, -0.1) is 5.10 Å². The number of benzene rings is 2. The molecule has 5 rings (SSSR count). The molecule has 3 heterocycles. The Labute approximate surface area is 194 Å². The number of rotatable bonds is 6. The molecule has 4 aromatic rings. The number of anilines is 2. The molecule has 170 valence electrons. The maximum Gasteiger partial charge on any atom is 0.351 e. The lowest BCUT2D eigenvalue weighted by Crippen LogP contribution is -2.33. The lowest BCUT2D eigenvalue weighted by atomic mass is 10.3. The van der Waals surface area contributed by atoms with Gasteiger partial charge in [0.05, 0.1) is 23.3 Å². The van der Waals surface area contributed by atoms with Crippen molar-refractivity contribution in [3.63, 3.8) is 0 Å². The molecule has 0 spiro atoms. The molecule has 1 N–H and O–H groups in total. The van der Waals surface area contributed by atoms with Crippen LogP contribution in [0.5, 0.6) is 5.75 Å². The number of amides is 1. The Morgan fingerprint density at radius 3 is 2.70 bits per heavy atom. The van der Waals surface area contributed by atoms with Gasteiger partial charge >= 0.3 is 5.69 Å². The molecule has 9 nitrogen and oxygen atoms in total. The van der Waals surface area contributed by atoms with Gasteiger partial charge in [0.1, 0.15) is 12.3 Å². The molecule has 0 aliphatic carbocycles. The predicted octanol–water partition coefficient (Wildman–Crippen LogP) is 2.63. The molecule has 1 saturated heterocycles. The molecule has 33 heavy (non-hydrogen) atoms. The highest BCUT2D eigenvalue weighted by Crippen LogP contribution is 2.25. The summed E-state index contributed by atoms with van der Waals surface area (Å²) in [5.41, 5.74) is 2.04. The zero-order valence-corrected chi connectivity index (χ0v) is 19.0. The second-order valence-corrected chi connectivity index (χ2v) is 8.82. The number of nitrogens with zero attached hydrogens (tertiary/aromatic N) is 5. The summed E-state index contributed by atoms with van der Waals surface area (Å²) in [6.07, 6.45) is 0. The van der Waals surface area contributed by atoms with E-state index < -0.39 is 0 Å².